The molecule has 1 aromatic carbocycles. The molecule has 0 aliphatic heterocycles. The minimum Gasteiger partial charge on any atom is -0.308 e. The Hall–Kier alpha value is -2.42. The van der Waals surface area contributed by atoms with E-state index < -0.39 is 0 Å². The van der Waals surface area contributed by atoms with Crippen LogP contribution in [0.4, 0.5) is 0 Å². The third-order valence-corrected chi connectivity index (χ3v) is 3.26. The summed E-state index contributed by atoms with van der Waals surface area (Å²) in [5, 5.41) is 0.996. The zero-order valence-corrected chi connectivity index (χ0v) is 10.5. The number of fused-ring (bicyclic) bond motifs is 1. The number of hydrogen-bond donors (Lipinski definition) is 0. The van der Waals surface area contributed by atoms with Gasteiger partial charge in [0.1, 0.15) is 0 Å². The highest BCUT2D eigenvalue weighted by Crippen LogP contribution is 2.10. The summed E-state index contributed by atoms with van der Waals surface area (Å²) in [6.45, 7) is 0.685. The number of aryl methyl sites for hydroxylation is 2. The molecule has 0 aliphatic carbocycles. The van der Waals surface area contributed by atoms with Crippen molar-refractivity contribution in [1.29, 1.82) is 0 Å². The van der Waals surface area contributed by atoms with Gasteiger partial charge in [0.2, 0.25) is 0 Å². The van der Waals surface area contributed by atoms with Crippen molar-refractivity contribution in [2.24, 2.45) is 0 Å². The van der Waals surface area contributed by atoms with Crippen LogP contribution < -0.4 is 5.56 Å². The van der Waals surface area contributed by atoms with Gasteiger partial charge in [-0.2, -0.15) is 0 Å². The van der Waals surface area contributed by atoms with E-state index in [9.17, 15) is 4.79 Å². The number of hydrogen-bond acceptors (Lipinski definition) is 2. The molecule has 0 radical (unpaired) electrons. The maximum Gasteiger partial charge on any atom is 0.251 e. The number of benzene rings is 1. The van der Waals surface area contributed by atoms with Crippen LogP contribution in [0.5, 0.6) is 0 Å². The van der Waals surface area contributed by atoms with Crippen molar-refractivity contribution in [3.8, 4) is 0 Å². The van der Waals surface area contributed by atoms with Gasteiger partial charge in [0.05, 0.1) is 5.52 Å². The SMILES string of the molecule is O=c1ccc2cnccc2n1CCc1ccccc1. The van der Waals surface area contributed by atoms with E-state index in [-0.39, 0.29) is 5.56 Å². The van der Waals surface area contributed by atoms with Crippen LogP contribution in [0.2, 0.25) is 0 Å². The number of nitrogens with zero attached hydrogens (tertiary/aromatic N) is 2. The third kappa shape index (κ3) is 2.40. The summed E-state index contributed by atoms with van der Waals surface area (Å²) in [5.41, 5.74) is 2.22. The fourth-order valence-corrected chi connectivity index (χ4v) is 2.26. The van der Waals surface area contributed by atoms with Crippen LogP contribution in [-0.2, 0) is 13.0 Å². The van der Waals surface area contributed by atoms with Crippen LogP contribution in [-0.4, -0.2) is 9.55 Å². The molecule has 0 amide bonds. The van der Waals surface area contributed by atoms with Crippen molar-refractivity contribution in [3.63, 3.8) is 0 Å². The summed E-state index contributed by atoms with van der Waals surface area (Å²) in [6.07, 6.45) is 4.36. The molecule has 19 heavy (non-hydrogen) atoms. The van der Waals surface area contributed by atoms with Crippen molar-refractivity contribution in [2.75, 3.05) is 0 Å². The van der Waals surface area contributed by atoms with E-state index in [4.69, 9.17) is 0 Å². The molecule has 3 aromatic rings. The predicted molar refractivity (Wildman–Crippen MR) is 76.1 cm³/mol. The first kappa shape index (κ1) is 11.7. The van der Waals surface area contributed by atoms with Crippen LogP contribution in [0.15, 0.2) is 65.7 Å². The Balaban J connectivity index is 1.96. The normalized spacial score (nSPS) is 10.7. The van der Waals surface area contributed by atoms with Crippen molar-refractivity contribution in [2.45, 2.75) is 13.0 Å². The number of rotatable bonds is 3. The van der Waals surface area contributed by atoms with Gasteiger partial charge in [0.25, 0.3) is 5.56 Å². The van der Waals surface area contributed by atoms with Gasteiger partial charge < -0.3 is 4.57 Å². The molecular formula is C16H14N2O. The predicted octanol–water partition coefficient (Wildman–Crippen LogP) is 2.64. The summed E-state index contributed by atoms with van der Waals surface area (Å²) in [7, 11) is 0. The van der Waals surface area contributed by atoms with E-state index in [1.54, 1.807) is 18.5 Å². The van der Waals surface area contributed by atoms with Gasteiger partial charge in [-0.1, -0.05) is 30.3 Å². The Bertz CT molecular complexity index is 747. The molecule has 2 aromatic heterocycles. The van der Waals surface area contributed by atoms with E-state index >= 15 is 0 Å². The average molecular weight is 250 g/mol. The first-order valence-corrected chi connectivity index (χ1v) is 6.32. The maximum atomic E-state index is 12.0. The summed E-state index contributed by atoms with van der Waals surface area (Å²) >= 11 is 0. The highest BCUT2D eigenvalue weighted by atomic mass is 16.1. The molecule has 0 atom stereocenters. The fraction of sp³-hybridized carbons (Fsp3) is 0.125. The Morgan fingerprint density at radius 3 is 2.68 bits per heavy atom. The second kappa shape index (κ2) is 5.06. The fourth-order valence-electron chi connectivity index (χ4n) is 2.26. The molecule has 0 N–H and O–H groups in total. The molecule has 0 unspecified atom stereocenters. The van der Waals surface area contributed by atoms with E-state index in [2.05, 4.69) is 17.1 Å². The molecule has 0 fully saturated rings. The Morgan fingerprint density at radius 2 is 1.84 bits per heavy atom. The lowest BCUT2D eigenvalue weighted by molar-refractivity contribution is 0.695. The third-order valence-electron chi connectivity index (χ3n) is 3.26. The molecule has 0 bridgehead atoms. The smallest absolute Gasteiger partial charge is 0.251 e. The Labute approximate surface area is 111 Å². The minimum absolute atomic E-state index is 0.0367. The lowest BCUT2D eigenvalue weighted by atomic mass is 10.1. The first-order valence-electron chi connectivity index (χ1n) is 6.32. The zero-order valence-electron chi connectivity index (χ0n) is 10.5. The molecule has 0 spiro atoms. The maximum absolute atomic E-state index is 12.0. The van der Waals surface area contributed by atoms with Gasteiger partial charge in [-0.25, -0.2) is 0 Å². The van der Waals surface area contributed by atoms with Gasteiger partial charge in [0, 0.05) is 30.4 Å². The van der Waals surface area contributed by atoms with Gasteiger partial charge in [0.15, 0.2) is 0 Å². The van der Waals surface area contributed by atoms with Crippen molar-refractivity contribution < 1.29 is 0 Å². The largest absolute Gasteiger partial charge is 0.308 e. The Morgan fingerprint density at radius 1 is 1.00 bits per heavy atom. The highest BCUT2D eigenvalue weighted by molar-refractivity contribution is 5.77. The molecule has 3 rings (SSSR count). The second-order valence-electron chi connectivity index (χ2n) is 4.49. The highest BCUT2D eigenvalue weighted by Gasteiger charge is 2.02. The van der Waals surface area contributed by atoms with E-state index in [0.29, 0.717) is 6.54 Å². The summed E-state index contributed by atoms with van der Waals surface area (Å²) < 4.78 is 1.81. The van der Waals surface area contributed by atoms with Crippen LogP contribution in [0.1, 0.15) is 5.56 Å². The lowest BCUT2D eigenvalue weighted by Crippen LogP contribution is -2.20. The molecule has 3 nitrogen and oxygen atoms in total. The molecule has 0 aliphatic rings. The van der Waals surface area contributed by atoms with Crippen LogP contribution >= 0.6 is 0 Å². The second-order valence-corrected chi connectivity index (χ2v) is 4.49. The standard InChI is InChI=1S/C16H14N2O/c19-16-7-6-14-12-17-10-8-15(14)18(16)11-9-13-4-2-1-3-5-13/h1-8,10,12H,9,11H2. The number of pyridine rings is 2. The Kier molecular flexibility index (Phi) is 3.11. The molecular weight excluding hydrogens is 236 g/mol. The molecule has 94 valence electrons. The lowest BCUT2D eigenvalue weighted by Gasteiger charge is -2.09. The molecule has 2 heterocycles. The van der Waals surface area contributed by atoms with E-state index in [0.717, 1.165) is 17.3 Å². The first-order chi connectivity index (χ1) is 9.34. The summed E-state index contributed by atoms with van der Waals surface area (Å²) in [4.78, 5) is 16.1. The topological polar surface area (TPSA) is 34.9 Å². The monoisotopic (exact) mass is 250 g/mol. The van der Waals surface area contributed by atoms with Gasteiger partial charge >= 0.3 is 0 Å². The molecule has 3 heteroatoms. The van der Waals surface area contributed by atoms with Crippen LogP contribution in [0.3, 0.4) is 0 Å². The van der Waals surface area contributed by atoms with Crippen molar-refractivity contribution in [3.05, 3.63) is 76.8 Å². The molecule has 0 saturated carbocycles. The van der Waals surface area contributed by atoms with E-state index in [1.165, 1.54) is 5.56 Å². The average Bonchev–Trinajstić information content (AvgIpc) is 2.47. The van der Waals surface area contributed by atoms with Gasteiger partial charge in [-0.15, -0.1) is 0 Å². The quantitative estimate of drug-likeness (QED) is 0.716. The molecule has 0 saturated heterocycles. The van der Waals surface area contributed by atoms with Crippen molar-refractivity contribution >= 4 is 10.9 Å². The van der Waals surface area contributed by atoms with Gasteiger partial charge in [-0.05, 0) is 24.1 Å². The van der Waals surface area contributed by atoms with E-state index in [1.807, 2.05) is 34.9 Å². The summed E-state index contributed by atoms with van der Waals surface area (Å²) in [5.74, 6) is 0. The number of aromatic nitrogens is 2. The van der Waals surface area contributed by atoms with Crippen LogP contribution in [0, 0.1) is 0 Å². The van der Waals surface area contributed by atoms with Crippen LogP contribution in [0.25, 0.3) is 10.9 Å². The summed E-state index contributed by atoms with van der Waals surface area (Å²) in [6, 6.07) is 15.5. The minimum atomic E-state index is 0.0367. The van der Waals surface area contributed by atoms with Crippen molar-refractivity contribution in [1.82, 2.24) is 9.55 Å². The van der Waals surface area contributed by atoms with Gasteiger partial charge in [-0.3, -0.25) is 9.78 Å². The zero-order chi connectivity index (χ0) is 13.1.